The fourth-order valence-corrected chi connectivity index (χ4v) is 8.63. The zero-order valence-corrected chi connectivity index (χ0v) is 28.8. The molecule has 2 saturated carbocycles. The van der Waals surface area contributed by atoms with Crippen LogP contribution < -0.4 is 15.4 Å². The van der Waals surface area contributed by atoms with Crippen molar-refractivity contribution >= 4 is 33.9 Å². The minimum absolute atomic E-state index is 0.0555. The van der Waals surface area contributed by atoms with Crippen LogP contribution in [0.5, 0.6) is 5.75 Å². The lowest BCUT2D eigenvalue weighted by atomic mass is 9.89. The number of likely N-dealkylation sites (tertiary alicyclic amines) is 1. The van der Waals surface area contributed by atoms with Gasteiger partial charge in [-0.2, -0.15) is 0 Å². The minimum atomic E-state index is -0.577. The first-order chi connectivity index (χ1) is 23.1. The number of benzene rings is 2. The second-order valence-electron chi connectivity index (χ2n) is 15.5. The number of fused-ring (bicyclic) bond motifs is 4. The van der Waals surface area contributed by atoms with E-state index in [4.69, 9.17) is 14.5 Å². The second-order valence-corrected chi connectivity index (χ2v) is 15.5. The molecule has 2 bridgehead atoms. The molecule has 48 heavy (non-hydrogen) atoms. The van der Waals surface area contributed by atoms with Crippen LogP contribution >= 0.6 is 0 Å². The Kier molecular flexibility index (Phi) is 7.69. The zero-order chi connectivity index (χ0) is 33.3. The summed E-state index contributed by atoms with van der Waals surface area (Å²) in [5.74, 6) is 2.90. The monoisotopic (exact) mass is 652 g/mol. The van der Waals surface area contributed by atoms with Crippen LogP contribution in [0, 0.1) is 11.8 Å². The van der Waals surface area contributed by atoms with Gasteiger partial charge >= 0.3 is 6.09 Å². The lowest BCUT2D eigenvalue weighted by molar-refractivity contribution is 0.0485. The Hall–Kier alpha value is -4.05. The fourth-order valence-electron chi connectivity index (χ4n) is 8.63. The number of alkyl carbamates (subject to hydrolysis) is 1. The third kappa shape index (κ3) is 5.51. The Morgan fingerprint density at radius 2 is 1.81 bits per heavy atom. The summed E-state index contributed by atoms with van der Waals surface area (Å²) >= 11 is 0. The van der Waals surface area contributed by atoms with Crippen LogP contribution in [-0.2, 0) is 18.3 Å². The van der Waals surface area contributed by atoms with Gasteiger partial charge < -0.3 is 34.1 Å². The van der Waals surface area contributed by atoms with Crippen LogP contribution in [-0.4, -0.2) is 75.4 Å². The van der Waals surface area contributed by atoms with Crippen molar-refractivity contribution in [2.24, 2.45) is 18.9 Å². The van der Waals surface area contributed by atoms with Gasteiger partial charge in [0.1, 0.15) is 16.9 Å². The van der Waals surface area contributed by atoms with Gasteiger partial charge in [0.15, 0.2) is 5.82 Å². The van der Waals surface area contributed by atoms with Gasteiger partial charge in [0, 0.05) is 31.1 Å². The number of ether oxygens (including phenoxy) is 2. The zero-order valence-electron chi connectivity index (χ0n) is 28.8. The molecule has 3 atom stereocenters. The molecule has 2 aromatic heterocycles. The maximum absolute atomic E-state index is 14.1. The minimum Gasteiger partial charge on any atom is -0.494 e. The summed E-state index contributed by atoms with van der Waals surface area (Å²) in [5.41, 5.74) is 5.50. The molecule has 2 N–H and O–H groups in total. The molecule has 10 heteroatoms. The van der Waals surface area contributed by atoms with E-state index >= 15 is 0 Å². The summed E-state index contributed by atoms with van der Waals surface area (Å²) in [7, 11) is 3.71. The molecule has 4 heterocycles. The lowest BCUT2D eigenvalue weighted by Crippen LogP contribution is -2.46. The number of nitrogens with one attached hydrogen (secondary N) is 2. The quantitative estimate of drug-likeness (QED) is 0.246. The topological polar surface area (TPSA) is 103 Å². The van der Waals surface area contributed by atoms with Gasteiger partial charge in [0.25, 0.3) is 5.91 Å². The highest BCUT2D eigenvalue weighted by molar-refractivity contribution is 6.00. The summed E-state index contributed by atoms with van der Waals surface area (Å²) < 4.78 is 16.1. The highest BCUT2D eigenvalue weighted by atomic mass is 16.6. The number of piperidine rings is 2. The molecule has 4 fully saturated rings. The lowest BCUT2D eigenvalue weighted by Gasteiger charge is -2.28. The molecule has 10 nitrogen and oxygen atoms in total. The Labute approximate surface area is 282 Å². The van der Waals surface area contributed by atoms with E-state index in [1.807, 2.05) is 44.9 Å². The molecular formula is C38H48N6O4. The Morgan fingerprint density at radius 3 is 2.54 bits per heavy atom. The van der Waals surface area contributed by atoms with Crippen molar-refractivity contribution in [3.05, 3.63) is 47.5 Å². The van der Waals surface area contributed by atoms with Crippen LogP contribution in [0.15, 0.2) is 36.4 Å². The number of hydrogen-bond acceptors (Lipinski definition) is 6. The fraction of sp³-hybridized carbons (Fsp3) is 0.553. The van der Waals surface area contributed by atoms with Gasteiger partial charge in [0.05, 0.1) is 35.9 Å². The van der Waals surface area contributed by atoms with E-state index in [9.17, 15) is 9.59 Å². The summed E-state index contributed by atoms with van der Waals surface area (Å²) in [6.45, 7) is 9.29. The van der Waals surface area contributed by atoms with E-state index < -0.39 is 11.7 Å². The molecule has 2 saturated heterocycles. The number of rotatable bonds is 7. The van der Waals surface area contributed by atoms with Gasteiger partial charge in [-0.05, 0) is 114 Å². The summed E-state index contributed by atoms with van der Waals surface area (Å²) in [6.07, 6.45) is 6.25. The summed E-state index contributed by atoms with van der Waals surface area (Å²) in [4.78, 5) is 33.9. The van der Waals surface area contributed by atoms with E-state index in [2.05, 4.69) is 44.0 Å². The molecule has 4 aliphatic rings. The Morgan fingerprint density at radius 1 is 1.02 bits per heavy atom. The van der Waals surface area contributed by atoms with E-state index in [1.54, 1.807) is 7.11 Å². The maximum atomic E-state index is 14.1. The number of nitrogens with zero attached hydrogens (tertiary/aromatic N) is 4. The number of aromatic nitrogens is 3. The van der Waals surface area contributed by atoms with E-state index in [-0.39, 0.29) is 23.9 Å². The average molecular weight is 653 g/mol. The van der Waals surface area contributed by atoms with Gasteiger partial charge in [-0.25, -0.2) is 9.78 Å². The van der Waals surface area contributed by atoms with Crippen molar-refractivity contribution in [1.29, 1.82) is 0 Å². The number of imidazole rings is 1. The van der Waals surface area contributed by atoms with Crippen molar-refractivity contribution < 1.29 is 19.1 Å². The van der Waals surface area contributed by atoms with E-state index in [0.717, 1.165) is 67.9 Å². The molecule has 4 aromatic rings. The molecule has 8 rings (SSSR count). The van der Waals surface area contributed by atoms with Crippen LogP contribution in [0.2, 0.25) is 0 Å². The largest absolute Gasteiger partial charge is 0.494 e. The van der Waals surface area contributed by atoms with Gasteiger partial charge in [0.2, 0.25) is 0 Å². The van der Waals surface area contributed by atoms with Crippen molar-refractivity contribution in [3.8, 4) is 17.3 Å². The second kappa shape index (κ2) is 11.8. The summed E-state index contributed by atoms with van der Waals surface area (Å²) in [6, 6.07) is 12.7. The predicted molar refractivity (Wildman–Crippen MR) is 186 cm³/mol. The number of amides is 2. The number of methoxy groups -OCH3 is 1. The first-order valence-electron chi connectivity index (χ1n) is 17.8. The van der Waals surface area contributed by atoms with Crippen LogP contribution in [0.25, 0.3) is 33.5 Å². The molecule has 0 spiro atoms. The molecule has 2 unspecified atom stereocenters. The van der Waals surface area contributed by atoms with Crippen LogP contribution in [0.3, 0.4) is 0 Å². The first-order valence-corrected chi connectivity index (χ1v) is 17.8. The number of para-hydroxylation sites is 1. The SMILES string of the molecule is COc1cc(C(=O)N2CC3CCC2[C@@H]3NC(=O)OC(C)(C)C)cc2nc(-c3cc4cccc(C5CCNCC5)c4n3CC3CC3)n(C)c12. The van der Waals surface area contributed by atoms with Gasteiger partial charge in [-0.1, -0.05) is 18.2 Å². The Balaban J connectivity index is 1.15. The number of carbonyl (C=O) groups excluding carboxylic acids is 2. The number of aryl methyl sites for hydroxylation is 1. The third-order valence-corrected chi connectivity index (χ3v) is 11.0. The molecule has 2 amide bonds. The van der Waals surface area contributed by atoms with Gasteiger partial charge in [-0.15, -0.1) is 0 Å². The smallest absolute Gasteiger partial charge is 0.407 e. The molecular weight excluding hydrogens is 604 g/mol. The molecule has 2 aromatic carbocycles. The highest BCUT2D eigenvalue weighted by Gasteiger charge is 2.50. The van der Waals surface area contributed by atoms with Crippen molar-refractivity contribution in [2.45, 2.75) is 89.4 Å². The number of carbonyl (C=O) groups is 2. The van der Waals surface area contributed by atoms with Crippen LogP contribution in [0.1, 0.15) is 81.1 Å². The van der Waals surface area contributed by atoms with Crippen molar-refractivity contribution in [3.63, 3.8) is 0 Å². The predicted octanol–water partition coefficient (Wildman–Crippen LogP) is 6.21. The molecule has 2 aliphatic heterocycles. The third-order valence-electron chi connectivity index (χ3n) is 11.0. The van der Waals surface area contributed by atoms with Gasteiger partial charge in [-0.3, -0.25) is 4.79 Å². The number of hydrogen-bond donors (Lipinski definition) is 2. The summed E-state index contributed by atoms with van der Waals surface area (Å²) in [5, 5.41) is 7.86. The molecule has 0 radical (unpaired) electrons. The standard InChI is InChI=1S/C38H48N6O4/c1-38(2,3)48-37(46)41-32-25-11-12-29(32)44(21-25)36(45)26-17-28-34(31(19-26)47-5)42(4)35(40-28)30-18-24-7-6-8-27(23-13-15-39-16-14-23)33(24)43(30)20-22-9-10-22/h6-8,17-19,22-23,25,29,32,39H,9-16,20-21H2,1-5H3,(H,41,46)/t25?,29?,32-/m1/s1. The molecule has 254 valence electrons. The maximum Gasteiger partial charge on any atom is 0.407 e. The first kappa shape index (κ1) is 31.2. The highest BCUT2D eigenvalue weighted by Crippen LogP contribution is 2.42. The molecule has 2 aliphatic carbocycles. The van der Waals surface area contributed by atoms with Crippen molar-refractivity contribution in [2.75, 3.05) is 26.7 Å². The van der Waals surface area contributed by atoms with Crippen LogP contribution in [0.4, 0.5) is 4.79 Å². The van der Waals surface area contributed by atoms with E-state index in [1.165, 1.54) is 29.3 Å². The Bertz CT molecular complexity index is 1890. The average Bonchev–Trinajstić information content (AvgIpc) is 3.40. The van der Waals surface area contributed by atoms with E-state index in [0.29, 0.717) is 29.7 Å². The normalized spacial score (nSPS) is 22.9. The van der Waals surface area contributed by atoms with Crippen molar-refractivity contribution in [1.82, 2.24) is 29.7 Å².